The Kier molecular flexibility index (Phi) is 4.06. The lowest BCUT2D eigenvalue weighted by molar-refractivity contribution is 0.0782. The van der Waals surface area contributed by atoms with Gasteiger partial charge in [0.2, 0.25) is 0 Å². The van der Waals surface area contributed by atoms with Crippen molar-refractivity contribution in [3.8, 4) is 10.4 Å². The Bertz CT molecular complexity index is 776. The van der Waals surface area contributed by atoms with Crippen LogP contribution in [0, 0.1) is 0 Å². The average molecular weight is 311 g/mol. The van der Waals surface area contributed by atoms with Gasteiger partial charge in [-0.15, -0.1) is 11.3 Å². The van der Waals surface area contributed by atoms with E-state index in [4.69, 9.17) is 0 Å². The lowest BCUT2D eigenvalue weighted by Crippen LogP contribution is -2.26. The zero-order valence-electron chi connectivity index (χ0n) is 12.6. The molecule has 0 radical (unpaired) electrons. The van der Waals surface area contributed by atoms with E-state index >= 15 is 0 Å². The molecule has 0 unspecified atom stereocenters. The highest BCUT2D eigenvalue weighted by Crippen LogP contribution is 2.27. The maximum Gasteiger partial charge on any atom is 0.254 e. The zero-order valence-corrected chi connectivity index (χ0v) is 13.4. The van der Waals surface area contributed by atoms with Gasteiger partial charge >= 0.3 is 0 Å². The molecule has 1 amide bonds. The minimum Gasteiger partial charge on any atom is -0.336 e. The molecule has 0 atom stereocenters. The molecule has 3 aromatic rings. The predicted molar refractivity (Wildman–Crippen MR) is 88.8 cm³/mol. The first kappa shape index (κ1) is 14.5. The molecular formula is C17H17N3OS. The maximum atomic E-state index is 12.5. The van der Waals surface area contributed by atoms with Crippen molar-refractivity contribution in [3.05, 3.63) is 65.3 Å². The first-order valence-electron chi connectivity index (χ1n) is 7.01. The Morgan fingerprint density at radius 1 is 1.27 bits per heavy atom. The summed E-state index contributed by atoms with van der Waals surface area (Å²) in [6.45, 7) is 0.547. The van der Waals surface area contributed by atoms with Crippen LogP contribution in [0.15, 0.2) is 54.0 Å². The summed E-state index contributed by atoms with van der Waals surface area (Å²) >= 11 is 1.59. The highest BCUT2D eigenvalue weighted by Gasteiger charge is 2.15. The normalized spacial score (nSPS) is 10.6. The standard InChI is InChI=1S/C17H17N3OS/c1-19(11-15-8-9-18-20(15)2)17(21)14-10-16(22-12-14)13-6-4-3-5-7-13/h3-10,12H,11H2,1-2H3. The second-order valence-corrected chi connectivity index (χ2v) is 6.08. The van der Waals surface area contributed by atoms with Gasteiger partial charge in [0.05, 0.1) is 17.8 Å². The van der Waals surface area contributed by atoms with Crippen molar-refractivity contribution < 1.29 is 4.79 Å². The molecule has 1 aromatic carbocycles. The molecule has 5 heteroatoms. The van der Waals surface area contributed by atoms with Gasteiger partial charge < -0.3 is 4.90 Å². The van der Waals surface area contributed by atoms with Crippen LogP contribution in [-0.4, -0.2) is 27.6 Å². The average Bonchev–Trinajstić information content (AvgIpc) is 3.17. The molecule has 0 saturated carbocycles. The number of nitrogens with zero attached hydrogens (tertiary/aromatic N) is 3. The number of aryl methyl sites for hydroxylation is 1. The molecule has 0 aliphatic rings. The number of rotatable bonds is 4. The van der Waals surface area contributed by atoms with Gasteiger partial charge in [-0.3, -0.25) is 9.48 Å². The predicted octanol–water partition coefficient (Wildman–Crippen LogP) is 3.42. The van der Waals surface area contributed by atoms with E-state index < -0.39 is 0 Å². The largest absolute Gasteiger partial charge is 0.336 e. The molecule has 112 valence electrons. The van der Waals surface area contributed by atoms with Crippen molar-refractivity contribution in [1.82, 2.24) is 14.7 Å². The molecule has 0 fully saturated rings. The molecule has 2 aromatic heterocycles. The van der Waals surface area contributed by atoms with Gasteiger partial charge in [0, 0.05) is 30.5 Å². The van der Waals surface area contributed by atoms with Crippen LogP contribution in [0.5, 0.6) is 0 Å². The van der Waals surface area contributed by atoms with Crippen molar-refractivity contribution in [2.24, 2.45) is 7.05 Å². The molecule has 4 nitrogen and oxygen atoms in total. The van der Waals surface area contributed by atoms with Crippen LogP contribution in [0.3, 0.4) is 0 Å². The van der Waals surface area contributed by atoms with Crippen LogP contribution in [0.25, 0.3) is 10.4 Å². The Labute approximate surface area is 133 Å². The Hall–Kier alpha value is -2.40. The van der Waals surface area contributed by atoms with Crippen LogP contribution in [0.1, 0.15) is 16.1 Å². The summed E-state index contributed by atoms with van der Waals surface area (Å²) in [6.07, 6.45) is 1.74. The fourth-order valence-electron chi connectivity index (χ4n) is 2.29. The lowest BCUT2D eigenvalue weighted by atomic mass is 10.1. The van der Waals surface area contributed by atoms with Gasteiger partial charge in [-0.2, -0.15) is 5.10 Å². The first-order valence-corrected chi connectivity index (χ1v) is 7.89. The second kappa shape index (κ2) is 6.15. The van der Waals surface area contributed by atoms with Crippen LogP contribution < -0.4 is 0 Å². The number of hydrogen-bond donors (Lipinski definition) is 0. The van der Waals surface area contributed by atoms with Gasteiger partial charge in [0.25, 0.3) is 5.91 Å². The van der Waals surface area contributed by atoms with E-state index in [-0.39, 0.29) is 5.91 Å². The number of hydrogen-bond acceptors (Lipinski definition) is 3. The SMILES string of the molecule is CN(Cc1ccnn1C)C(=O)c1csc(-c2ccccc2)c1. The molecule has 0 saturated heterocycles. The van der Waals surface area contributed by atoms with E-state index in [0.717, 1.165) is 21.7 Å². The highest BCUT2D eigenvalue weighted by molar-refractivity contribution is 7.13. The topological polar surface area (TPSA) is 38.1 Å². The second-order valence-electron chi connectivity index (χ2n) is 5.17. The molecule has 0 bridgehead atoms. The lowest BCUT2D eigenvalue weighted by Gasteiger charge is -2.16. The third-order valence-electron chi connectivity index (χ3n) is 3.57. The summed E-state index contributed by atoms with van der Waals surface area (Å²) in [6, 6.07) is 14.0. The smallest absolute Gasteiger partial charge is 0.254 e. The Balaban J connectivity index is 1.75. The number of carbonyl (C=O) groups excluding carboxylic acids is 1. The number of amides is 1. The van der Waals surface area contributed by atoms with Crippen LogP contribution in [0.4, 0.5) is 0 Å². The number of thiophene rings is 1. The Morgan fingerprint density at radius 3 is 2.73 bits per heavy atom. The van der Waals surface area contributed by atoms with E-state index in [9.17, 15) is 4.79 Å². The summed E-state index contributed by atoms with van der Waals surface area (Å²) in [5.41, 5.74) is 2.88. The maximum absolute atomic E-state index is 12.5. The molecule has 2 heterocycles. The van der Waals surface area contributed by atoms with Gasteiger partial charge in [-0.1, -0.05) is 30.3 Å². The molecule has 3 rings (SSSR count). The highest BCUT2D eigenvalue weighted by atomic mass is 32.1. The molecular weight excluding hydrogens is 294 g/mol. The summed E-state index contributed by atoms with van der Waals surface area (Å²) < 4.78 is 1.78. The molecule has 0 N–H and O–H groups in total. The fourth-order valence-corrected chi connectivity index (χ4v) is 3.18. The number of carbonyl (C=O) groups is 1. The van der Waals surface area contributed by atoms with Crippen molar-refractivity contribution in [1.29, 1.82) is 0 Å². The van der Waals surface area contributed by atoms with Gasteiger partial charge in [-0.25, -0.2) is 0 Å². The minimum absolute atomic E-state index is 0.0274. The molecule has 22 heavy (non-hydrogen) atoms. The monoisotopic (exact) mass is 311 g/mol. The Morgan fingerprint density at radius 2 is 2.05 bits per heavy atom. The summed E-state index contributed by atoms with van der Waals surface area (Å²) in [4.78, 5) is 15.4. The summed E-state index contributed by atoms with van der Waals surface area (Å²) in [5, 5.41) is 6.05. The zero-order chi connectivity index (χ0) is 15.5. The minimum atomic E-state index is 0.0274. The van der Waals surface area contributed by atoms with E-state index in [1.807, 2.05) is 49.8 Å². The van der Waals surface area contributed by atoms with Crippen LogP contribution in [0.2, 0.25) is 0 Å². The third kappa shape index (κ3) is 2.94. The van der Waals surface area contributed by atoms with E-state index in [0.29, 0.717) is 6.54 Å². The van der Waals surface area contributed by atoms with Gasteiger partial charge in [0.1, 0.15) is 0 Å². The van der Waals surface area contributed by atoms with E-state index in [1.165, 1.54) is 0 Å². The van der Waals surface area contributed by atoms with Gasteiger partial charge in [-0.05, 0) is 17.7 Å². The molecule has 0 spiro atoms. The third-order valence-corrected chi connectivity index (χ3v) is 4.55. The van der Waals surface area contributed by atoms with Crippen molar-refractivity contribution in [2.45, 2.75) is 6.54 Å². The van der Waals surface area contributed by atoms with Crippen LogP contribution >= 0.6 is 11.3 Å². The van der Waals surface area contributed by atoms with Gasteiger partial charge in [0.15, 0.2) is 0 Å². The number of benzene rings is 1. The summed E-state index contributed by atoms with van der Waals surface area (Å²) in [7, 11) is 3.70. The molecule has 0 aliphatic carbocycles. The van der Waals surface area contributed by atoms with Crippen molar-refractivity contribution in [3.63, 3.8) is 0 Å². The molecule has 0 aliphatic heterocycles. The van der Waals surface area contributed by atoms with E-state index in [2.05, 4.69) is 17.2 Å². The van der Waals surface area contributed by atoms with Crippen molar-refractivity contribution in [2.75, 3.05) is 7.05 Å². The summed E-state index contributed by atoms with van der Waals surface area (Å²) in [5.74, 6) is 0.0274. The van der Waals surface area contributed by atoms with Crippen molar-refractivity contribution >= 4 is 17.2 Å². The van der Waals surface area contributed by atoms with Crippen LogP contribution in [-0.2, 0) is 13.6 Å². The first-order chi connectivity index (χ1) is 10.6. The fraction of sp³-hybridized carbons (Fsp3) is 0.176. The number of aromatic nitrogens is 2. The quantitative estimate of drug-likeness (QED) is 0.740. The van der Waals surface area contributed by atoms with E-state index in [1.54, 1.807) is 27.1 Å².